The summed E-state index contributed by atoms with van der Waals surface area (Å²) in [6.45, 7) is 4.69. The Morgan fingerprint density at radius 3 is 2.08 bits per heavy atom. The summed E-state index contributed by atoms with van der Waals surface area (Å²) in [5.41, 5.74) is -8.65. The fraction of sp³-hybridized carbons (Fsp3) is 0.391. The number of alkyl carbamates (subject to hydrolysis) is 1. The van der Waals surface area contributed by atoms with E-state index in [0.717, 1.165) is 0 Å². The first-order chi connectivity index (χ1) is 17.3. The van der Waals surface area contributed by atoms with Gasteiger partial charge in [0.2, 0.25) is 0 Å². The van der Waals surface area contributed by atoms with E-state index in [1.807, 2.05) is 0 Å². The Labute approximate surface area is 214 Å². The molecule has 0 aliphatic carbocycles. The number of hydrogen-bond acceptors (Lipinski definition) is 6. The SMILES string of the molecule is CC(C)(C)OC(=O)NCC(Cc1ccccc1)NC(=O)c1ccc(OS(=O)(=O)C(F)(F)F)c(C(F)(F)F)c1. The molecule has 0 saturated carbocycles. The van der Waals surface area contributed by atoms with Gasteiger partial charge in [-0.2, -0.15) is 34.8 Å². The van der Waals surface area contributed by atoms with Crippen LogP contribution in [0.25, 0.3) is 0 Å². The first-order valence-electron chi connectivity index (χ1n) is 10.8. The summed E-state index contributed by atoms with van der Waals surface area (Å²) in [5, 5.41) is 4.91. The number of ether oxygens (including phenoxy) is 1. The number of carbonyl (C=O) groups excluding carboxylic acids is 2. The Morgan fingerprint density at radius 2 is 1.55 bits per heavy atom. The smallest absolute Gasteiger partial charge is 0.444 e. The van der Waals surface area contributed by atoms with Gasteiger partial charge in [0.1, 0.15) is 11.2 Å². The average molecular weight is 571 g/mol. The Bertz CT molecular complexity index is 1240. The maximum atomic E-state index is 13.5. The van der Waals surface area contributed by atoms with Crippen molar-refractivity contribution in [1.82, 2.24) is 10.6 Å². The lowest BCUT2D eigenvalue weighted by Crippen LogP contribution is -2.46. The van der Waals surface area contributed by atoms with Crippen molar-refractivity contribution in [3.8, 4) is 5.75 Å². The molecule has 1 unspecified atom stereocenters. The van der Waals surface area contributed by atoms with E-state index in [0.29, 0.717) is 17.7 Å². The molecule has 2 rings (SSSR count). The van der Waals surface area contributed by atoms with E-state index in [1.165, 1.54) is 0 Å². The molecule has 0 aromatic heterocycles. The number of hydrogen-bond donors (Lipinski definition) is 2. The van der Waals surface area contributed by atoms with Crippen molar-refractivity contribution in [1.29, 1.82) is 0 Å². The number of benzene rings is 2. The van der Waals surface area contributed by atoms with Crippen LogP contribution in [0, 0.1) is 0 Å². The molecule has 0 aliphatic heterocycles. The third kappa shape index (κ3) is 9.11. The van der Waals surface area contributed by atoms with Crippen LogP contribution >= 0.6 is 0 Å². The van der Waals surface area contributed by atoms with Crippen LogP contribution in [0.2, 0.25) is 0 Å². The van der Waals surface area contributed by atoms with Crippen LogP contribution in [0.5, 0.6) is 5.75 Å². The molecule has 15 heteroatoms. The predicted molar refractivity (Wildman–Crippen MR) is 123 cm³/mol. The molecule has 0 saturated heterocycles. The first kappa shape index (κ1) is 30.7. The molecule has 8 nitrogen and oxygen atoms in total. The van der Waals surface area contributed by atoms with Gasteiger partial charge in [-0.15, -0.1) is 0 Å². The van der Waals surface area contributed by atoms with Crippen LogP contribution in [0.15, 0.2) is 48.5 Å². The van der Waals surface area contributed by atoms with Crippen LogP contribution in [-0.2, 0) is 27.5 Å². The molecule has 2 N–H and O–H groups in total. The van der Waals surface area contributed by atoms with Gasteiger partial charge < -0.3 is 19.6 Å². The topological polar surface area (TPSA) is 111 Å². The Morgan fingerprint density at radius 1 is 0.947 bits per heavy atom. The first-order valence-corrected chi connectivity index (χ1v) is 12.2. The molecule has 1 atom stereocenters. The maximum absolute atomic E-state index is 13.5. The standard InChI is InChI=1S/C23H24F6N2O6S/c1-21(2,3)36-20(33)30-13-16(11-14-7-5-4-6-8-14)31-19(32)15-9-10-18(17(12-15)22(24,25)26)37-38(34,35)23(27,28)29/h4-10,12,16H,11,13H2,1-3H3,(H,30,33)(H,31,32). The average Bonchev–Trinajstić information content (AvgIpc) is 2.75. The third-order valence-corrected chi connectivity index (χ3v) is 5.55. The fourth-order valence-corrected chi connectivity index (χ4v) is 3.47. The monoisotopic (exact) mass is 570 g/mol. The van der Waals surface area contributed by atoms with Gasteiger partial charge in [0.15, 0.2) is 5.75 Å². The summed E-state index contributed by atoms with van der Waals surface area (Å²) in [6, 6.07) is 8.85. The lowest BCUT2D eigenvalue weighted by atomic mass is 10.0. The van der Waals surface area contributed by atoms with E-state index in [9.17, 15) is 44.3 Å². The van der Waals surface area contributed by atoms with Crippen molar-refractivity contribution in [2.45, 2.75) is 50.5 Å². The molecule has 2 aromatic carbocycles. The molecule has 2 amide bonds. The molecule has 2 aromatic rings. The van der Waals surface area contributed by atoms with Gasteiger partial charge in [-0.1, -0.05) is 30.3 Å². The number of carbonyl (C=O) groups is 2. The minimum Gasteiger partial charge on any atom is -0.444 e. The molecular weight excluding hydrogens is 546 g/mol. The number of rotatable bonds is 8. The van der Waals surface area contributed by atoms with Gasteiger partial charge in [0, 0.05) is 12.1 Å². The largest absolute Gasteiger partial charge is 0.534 e. The van der Waals surface area contributed by atoms with Crippen molar-refractivity contribution < 1.29 is 53.3 Å². The number of nitrogens with one attached hydrogen (secondary N) is 2. The zero-order valence-electron chi connectivity index (χ0n) is 20.2. The Balaban J connectivity index is 2.31. The molecule has 210 valence electrons. The summed E-state index contributed by atoms with van der Waals surface area (Å²) < 4.78 is 110. The van der Waals surface area contributed by atoms with E-state index < -0.39 is 62.3 Å². The second kappa shape index (κ2) is 11.5. The van der Waals surface area contributed by atoms with Gasteiger partial charge in [-0.05, 0) is 51.0 Å². The molecule has 0 aliphatic rings. The molecular formula is C23H24F6N2O6S. The number of halogens is 6. The molecule has 38 heavy (non-hydrogen) atoms. The predicted octanol–water partition coefficient (Wildman–Crippen LogP) is 4.80. The van der Waals surface area contributed by atoms with Gasteiger partial charge in [-0.3, -0.25) is 4.79 Å². The summed E-state index contributed by atoms with van der Waals surface area (Å²) in [7, 11) is -6.40. The van der Waals surface area contributed by atoms with E-state index in [1.54, 1.807) is 51.1 Å². The second-order valence-corrected chi connectivity index (χ2v) is 10.5. The van der Waals surface area contributed by atoms with Crippen molar-refractivity contribution in [2.75, 3.05) is 6.54 Å². The van der Waals surface area contributed by atoms with E-state index in [2.05, 4.69) is 14.8 Å². The summed E-state index contributed by atoms with van der Waals surface area (Å²) in [5.74, 6) is -2.73. The summed E-state index contributed by atoms with van der Waals surface area (Å²) >= 11 is 0. The highest BCUT2D eigenvalue weighted by atomic mass is 32.2. The van der Waals surface area contributed by atoms with E-state index in [-0.39, 0.29) is 19.0 Å². The van der Waals surface area contributed by atoms with Crippen molar-refractivity contribution in [2.24, 2.45) is 0 Å². The van der Waals surface area contributed by atoms with Gasteiger partial charge >= 0.3 is 27.9 Å². The molecule has 0 fully saturated rings. The van der Waals surface area contributed by atoms with Crippen molar-refractivity contribution >= 4 is 22.1 Å². The maximum Gasteiger partial charge on any atom is 0.534 e. The van der Waals surface area contributed by atoms with Crippen LogP contribution < -0.4 is 14.8 Å². The second-order valence-electron chi connectivity index (χ2n) is 8.93. The zero-order chi connectivity index (χ0) is 28.9. The highest BCUT2D eigenvalue weighted by molar-refractivity contribution is 7.88. The van der Waals surface area contributed by atoms with Crippen LogP contribution in [0.4, 0.5) is 31.1 Å². The van der Waals surface area contributed by atoms with Crippen molar-refractivity contribution in [3.63, 3.8) is 0 Å². The van der Waals surface area contributed by atoms with Gasteiger partial charge in [0.25, 0.3) is 5.91 Å². The van der Waals surface area contributed by atoms with E-state index in [4.69, 9.17) is 4.74 Å². The molecule has 0 heterocycles. The van der Waals surface area contributed by atoms with Gasteiger partial charge in [-0.25, -0.2) is 4.79 Å². The Hall–Kier alpha value is -3.49. The lowest BCUT2D eigenvalue weighted by molar-refractivity contribution is -0.138. The lowest BCUT2D eigenvalue weighted by Gasteiger charge is -2.23. The summed E-state index contributed by atoms with van der Waals surface area (Å²) in [4.78, 5) is 24.8. The highest BCUT2D eigenvalue weighted by Crippen LogP contribution is 2.39. The zero-order valence-corrected chi connectivity index (χ0v) is 21.1. The Kier molecular flexibility index (Phi) is 9.30. The molecule has 0 spiro atoms. The quantitative estimate of drug-likeness (QED) is 0.268. The fourth-order valence-electron chi connectivity index (χ4n) is 2.99. The minimum absolute atomic E-state index is 0.138. The summed E-state index contributed by atoms with van der Waals surface area (Å²) in [6.07, 6.45) is -6.04. The van der Waals surface area contributed by atoms with Crippen LogP contribution in [0.1, 0.15) is 42.3 Å². The van der Waals surface area contributed by atoms with Crippen molar-refractivity contribution in [3.05, 3.63) is 65.2 Å². The number of amides is 2. The van der Waals surface area contributed by atoms with Gasteiger partial charge in [0.05, 0.1) is 6.04 Å². The molecule has 0 bridgehead atoms. The third-order valence-electron chi connectivity index (χ3n) is 4.58. The van der Waals surface area contributed by atoms with Crippen LogP contribution in [0.3, 0.4) is 0 Å². The highest BCUT2D eigenvalue weighted by Gasteiger charge is 2.49. The normalized spacial score (nSPS) is 13.4. The van der Waals surface area contributed by atoms with E-state index >= 15 is 0 Å². The minimum atomic E-state index is -6.40. The van der Waals surface area contributed by atoms with Crippen LogP contribution in [-0.4, -0.2) is 44.1 Å². The number of alkyl halides is 6. The molecule has 0 radical (unpaired) electrons.